The maximum atomic E-state index is 9.20. The molecule has 2 rings (SSSR count). The fourth-order valence-corrected chi connectivity index (χ4v) is 6.20. The largest absolute Gasteiger partial charge is 0.396 e. The van der Waals surface area contributed by atoms with Crippen LogP contribution in [0.3, 0.4) is 0 Å². The SMILES string of the molecule is C[P+](CCCO)(CCCO)c1ccccc1-n1cncn1. The fraction of sp³-hybridized carbons (Fsp3) is 0.467. The molecule has 5 nitrogen and oxygen atoms in total. The van der Waals surface area contributed by atoms with Gasteiger partial charge in [-0.15, -0.1) is 0 Å². The first-order valence-corrected chi connectivity index (χ1v) is 9.83. The molecule has 0 fully saturated rings. The van der Waals surface area contributed by atoms with Gasteiger partial charge in [0.15, 0.2) is 0 Å². The first kappa shape index (κ1) is 16.1. The standard InChI is InChI=1S/C15H23N3O2P/c1-21(10-4-8-19,11-5-9-20)15-7-3-2-6-14(15)18-13-16-12-17-18/h2-3,6-7,12-13,19-20H,4-5,8-11H2,1H3/q+1. The highest BCUT2D eigenvalue weighted by Gasteiger charge is 2.36. The van der Waals surface area contributed by atoms with Gasteiger partial charge in [-0.05, 0) is 12.1 Å². The van der Waals surface area contributed by atoms with Crippen molar-refractivity contribution in [2.45, 2.75) is 12.8 Å². The number of benzene rings is 1. The Labute approximate surface area is 126 Å². The van der Waals surface area contributed by atoms with Crippen molar-refractivity contribution in [1.29, 1.82) is 0 Å². The Bertz CT molecular complexity index is 538. The van der Waals surface area contributed by atoms with Crippen LogP contribution >= 0.6 is 7.26 Å². The third-order valence-electron chi connectivity index (χ3n) is 3.75. The molecule has 2 N–H and O–H groups in total. The number of hydrogen-bond acceptors (Lipinski definition) is 4. The minimum atomic E-state index is -1.44. The molecule has 2 aromatic rings. The lowest BCUT2D eigenvalue weighted by atomic mass is 10.3. The van der Waals surface area contributed by atoms with Gasteiger partial charge in [-0.1, -0.05) is 12.1 Å². The summed E-state index contributed by atoms with van der Waals surface area (Å²) < 4.78 is 1.80. The Morgan fingerprint density at radius 1 is 1.10 bits per heavy atom. The maximum Gasteiger partial charge on any atom is 0.138 e. The molecule has 0 aliphatic heterocycles. The van der Waals surface area contributed by atoms with Crippen LogP contribution in [0.1, 0.15) is 12.8 Å². The van der Waals surface area contributed by atoms with Gasteiger partial charge in [0.2, 0.25) is 0 Å². The fourth-order valence-electron chi connectivity index (χ4n) is 2.64. The summed E-state index contributed by atoms with van der Waals surface area (Å²) >= 11 is 0. The minimum absolute atomic E-state index is 0.209. The molecule has 0 radical (unpaired) electrons. The van der Waals surface area contributed by atoms with E-state index < -0.39 is 7.26 Å². The number of aliphatic hydroxyl groups is 2. The molecule has 0 aliphatic rings. The molecule has 1 aromatic carbocycles. The van der Waals surface area contributed by atoms with Gasteiger partial charge in [0.1, 0.15) is 23.6 Å². The van der Waals surface area contributed by atoms with Crippen molar-refractivity contribution >= 4 is 12.6 Å². The van der Waals surface area contributed by atoms with E-state index in [1.807, 2.05) is 12.1 Å². The summed E-state index contributed by atoms with van der Waals surface area (Å²) in [5.41, 5.74) is 1.06. The number of para-hydroxylation sites is 1. The average molecular weight is 308 g/mol. The summed E-state index contributed by atoms with van der Waals surface area (Å²) in [4.78, 5) is 4.03. The molecule has 0 aliphatic carbocycles. The molecule has 1 heterocycles. The Balaban J connectivity index is 2.39. The van der Waals surface area contributed by atoms with Crippen molar-refractivity contribution in [3.8, 4) is 5.69 Å². The lowest BCUT2D eigenvalue weighted by Crippen LogP contribution is -2.22. The monoisotopic (exact) mass is 308 g/mol. The van der Waals surface area contributed by atoms with E-state index in [0.29, 0.717) is 0 Å². The number of aromatic nitrogens is 3. The van der Waals surface area contributed by atoms with Gasteiger partial charge in [-0.25, -0.2) is 9.67 Å². The molecule has 6 heteroatoms. The molecule has 0 saturated heterocycles. The van der Waals surface area contributed by atoms with E-state index in [2.05, 4.69) is 28.9 Å². The van der Waals surface area contributed by atoms with Crippen LogP contribution in [-0.4, -0.2) is 57.2 Å². The smallest absolute Gasteiger partial charge is 0.138 e. The van der Waals surface area contributed by atoms with Crippen LogP contribution in [0, 0.1) is 0 Å². The number of rotatable bonds is 8. The summed E-state index contributed by atoms with van der Waals surface area (Å²) in [6.07, 6.45) is 6.79. The van der Waals surface area contributed by atoms with Crippen molar-refractivity contribution < 1.29 is 10.2 Å². The molecule has 0 bridgehead atoms. The highest BCUT2D eigenvalue weighted by molar-refractivity contribution is 7.82. The lowest BCUT2D eigenvalue weighted by Gasteiger charge is -2.24. The van der Waals surface area contributed by atoms with Gasteiger partial charge in [0, 0.05) is 33.3 Å². The second-order valence-corrected chi connectivity index (χ2v) is 9.49. The van der Waals surface area contributed by atoms with Gasteiger partial charge < -0.3 is 10.2 Å². The van der Waals surface area contributed by atoms with E-state index in [9.17, 15) is 10.2 Å². The molecular weight excluding hydrogens is 285 g/mol. The quantitative estimate of drug-likeness (QED) is 0.721. The second kappa shape index (κ2) is 7.64. The van der Waals surface area contributed by atoms with E-state index in [1.54, 1.807) is 11.0 Å². The molecule has 0 unspecified atom stereocenters. The summed E-state index contributed by atoms with van der Waals surface area (Å²) in [7, 11) is -1.44. The Morgan fingerprint density at radius 2 is 1.76 bits per heavy atom. The molecule has 1 aromatic heterocycles. The van der Waals surface area contributed by atoms with Gasteiger partial charge in [-0.3, -0.25) is 0 Å². The van der Waals surface area contributed by atoms with Crippen LogP contribution in [0.15, 0.2) is 36.9 Å². The van der Waals surface area contributed by atoms with Crippen LogP contribution in [0.25, 0.3) is 5.69 Å². The normalized spacial score (nSPS) is 11.8. The highest BCUT2D eigenvalue weighted by atomic mass is 31.2. The minimum Gasteiger partial charge on any atom is -0.396 e. The number of nitrogens with zero attached hydrogens (tertiary/aromatic N) is 3. The second-order valence-electron chi connectivity index (χ2n) is 5.33. The zero-order valence-corrected chi connectivity index (χ0v) is 13.3. The summed E-state index contributed by atoms with van der Waals surface area (Å²) in [5, 5.41) is 23.9. The number of hydrogen-bond donors (Lipinski definition) is 2. The number of aliphatic hydroxyl groups excluding tert-OH is 2. The first-order chi connectivity index (χ1) is 10.2. The molecule has 0 saturated carbocycles. The Hall–Kier alpha value is -1.29. The summed E-state index contributed by atoms with van der Waals surface area (Å²) in [5.74, 6) is 0. The molecule has 0 amide bonds. The van der Waals surface area contributed by atoms with Gasteiger partial charge in [-0.2, -0.15) is 5.10 Å². The zero-order valence-electron chi connectivity index (χ0n) is 12.4. The highest BCUT2D eigenvalue weighted by Crippen LogP contribution is 2.55. The Kier molecular flexibility index (Phi) is 5.85. The van der Waals surface area contributed by atoms with Crippen molar-refractivity contribution in [3.05, 3.63) is 36.9 Å². The van der Waals surface area contributed by atoms with Crippen molar-refractivity contribution in [2.24, 2.45) is 0 Å². The van der Waals surface area contributed by atoms with Crippen LogP contribution < -0.4 is 5.30 Å². The third kappa shape index (κ3) is 3.88. The van der Waals surface area contributed by atoms with Crippen LogP contribution in [0.2, 0.25) is 0 Å². The van der Waals surface area contributed by atoms with Crippen LogP contribution in [0.5, 0.6) is 0 Å². The molecule has 0 atom stereocenters. The Morgan fingerprint density at radius 3 is 2.33 bits per heavy atom. The van der Waals surface area contributed by atoms with Gasteiger partial charge in [0.25, 0.3) is 0 Å². The zero-order chi connectivity index (χ0) is 15.1. The molecule has 114 valence electrons. The van der Waals surface area contributed by atoms with E-state index in [0.717, 1.165) is 30.9 Å². The summed E-state index contributed by atoms with van der Waals surface area (Å²) in [6, 6.07) is 8.26. The molecule has 0 spiro atoms. The summed E-state index contributed by atoms with van der Waals surface area (Å²) in [6.45, 7) is 2.72. The van der Waals surface area contributed by atoms with Gasteiger partial charge >= 0.3 is 0 Å². The molecular formula is C15H23N3O2P+. The van der Waals surface area contributed by atoms with Crippen molar-refractivity contribution in [1.82, 2.24) is 14.8 Å². The molecule has 21 heavy (non-hydrogen) atoms. The van der Waals surface area contributed by atoms with E-state index >= 15 is 0 Å². The van der Waals surface area contributed by atoms with E-state index in [-0.39, 0.29) is 13.2 Å². The van der Waals surface area contributed by atoms with E-state index in [4.69, 9.17) is 0 Å². The third-order valence-corrected chi connectivity index (χ3v) is 7.90. The predicted octanol–water partition coefficient (Wildman–Crippen LogP) is 1.30. The van der Waals surface area contributed by atoms with Crippen molar-refractivity contribution in [3.63, 3.8) is 0 Å². The lowest BCUT2D eigenvalue weighted by molar-refractivity contribution is 0.294. The topological polar surface area (TPSA) is 71.2 Å². The maximum absolute atomic E-state index is 9.20. The van der Waals surface area contributed by atoms with Crippen molar-refractivity contribution in [2.75, 3.05) is 32.2 Å². The van der Waals surface area contributed by atoms with Crippen LogP contribution in [0.4, 0.5) is 0 Å². The first-order valence-electron chi connectivity index (χ1n) is 7.22. The average Bonchev–Trinajstić information content (AvgIpc) is 3.05. The van der Waals surface area contributed by atoms with E-state index in [1.165, 1.54) is 11.6 Å². The predicted molar refractivity (Wildman–Crippen MR) is 87.0 cm³/mol. The van der Waals surface area contributed by atoms with Crippen LogP contribution in [-0.2, 0) is 0 Å². The van der Waals surface area contributed by atoms with Gasteiger partial charge in [0.05, 0.1) is 19.0 Å².